The average Bonchev–Trinajstić information content (AvgIpc) is 2.80. The Labute approximate surface area is 201 Å². The molecule has 0 saturated carbocycles. The molecule has 182 valence electrons. The van der Waals surface area contributed by atoms with Crippen LogP contribution in [0.2, 0.25) is 5.02 Å². The molecule has 9 nitrogen and oxygen atoms in total. The van der Waals surface area contributed by atoms with Crippen LogP contribution in [-0.4, -0.2) is 60.6 Å². The number of likely N-dealkylation sites (tertiary alicyclic amines) is 1. The number of hydrogen-bond acceptors (Lipinski definition) is 6. The summed E-state index contributed by atoms with van der Waals surface area (Å²) in [6, 6.07) is 10.7. The van der Waals surface area contributed by atoms with Crippen LogP contribution in [0.15, 0.2) is 47.6 Å². The molecule has 0 spiro atoms. The van der Waals surface area contributed by atoms with Crippen molar-refractivity contribution in [2.45, 2.75) is 25.1 Å². The summed E-state index contributed by atoms with van der Waals surface area (Å²) in [5.41, 5.74) is 7.48. The maximum Gasteiger partial charge on any atom is 0.256 e. The molecule has 0 radical (unpaired) electrons. The van der Waals surface area contributed by atoms with E-state index in [1.807, 2.05) is 0 Å². The van der Waals surface area contributed by atoms with Crippen LogP contribution in [0.4, 0.5) is 4.39 Å². The molecular formula is C23H26ClFN4O5. The summed E-state index contributed by atoms with van der Waals surface area (Å²) in [7, 11) is 1.40. The van der Waals surface area contributed by atoms with Crippen LogP contribution in [0.1, 0.15) is 29.2 Å². The van der Waals surface area contributed by atoms with E-state index in [0.717, 1.165) is 5.56 Å². The van der Waals surface area contributed by atoms with Crippen LogP contribution in [0, 0.1) is 0 Å². The van der Waals surface area contributed by atoms with Crippen molar-refractivity contribution in [1.29, 1.82) is 0 Å². The highest BCUT2D eigenvalue weighted by Crippen LogP contribution is 2.29. The normalized spacial score (nSPS) is 16.4. The molecular weight excluding hydrogens is 467 g/mol. The number of hydrogen-bond donors (Lipinski definition) is 3. The van der Waals surface area contributed by atoms with E-state index in [1.165, 1.54) is 30.2 Å². The van der Waals surface area contributed by atoms with E-state index in [-0.39, 0.29) is 41.2 Å². The van der Waals surface area contributed by atoms with Gasteiger partial charge in [0.25, 0.3) is 5.91 Å². The van der Waals surface area contributed by atoms with Gasteiger partial charge in [-0.3, -0.25) is 9.59 Å². The molecule has 11 heteroatoms. The van der Waals surface area contributed by atoms with Gasteiger partial charge in [0.2, 0.25) is 5.91 Å². The molecule has 2 aromatic carbocycles. The monoisotopic (exact) mass is 492 g/mol. The molecule has 2 aromatic rings. The molecule has 1 fully saturated rings. The quantitative estimate of drug-likeness (QED) is 0.264. The summed E-state index contributed by atoms with van der Waals surface area (Å²) in [5.74, 6) is -0.469. The number of aliphatic hydroxyl groups is 1. The molecule has 3 rings (SSSR count). The molecule has 2 amide bonds. The second-order valence-corrected chi connectivity index (χ2v) is 8.01. The molecule has 0 bridgehead atoms. The Morgan fingerprint density at radius 1 is 1.32 bits per heavy atom. The van der Waals surface area contributed by atoms with Crippen LogP contribution >= 0.6 is 11.6 Å². The number of amidine groups is 1. The van der Waals surface area contributed by atoms with Crippen molar-refractivity contribution in [1.82, 2.24) is 10.2 Å². The lowest BCUT2D eigenvalue weighted by atomic mass is 9.98. The van der Waals surface area contributed by atoms with Crippen molar-refractivity contribution in [3.05, 3.63) is 64.2 Å². The fourth-order valence-electron chi connectivity index (χ4n) is 3.46. The number of rotatable bonds is 10. The van der Waals surface area contributed by atoms with Gasteiger partial charge in [-0.15, -0.1) is 0 Å². The zero-order valence-electron chi connectivity index (χ0n) is 18.5. The zero-order valence-corrected chi connectivity index (χ0v) is 19.3. The maximum absolute atomic E-state index is 12.8. The Bertz CT molecular complexity index is 1050. The van der Waals surface area contributed by atoms with Crippen LogP contribution in [0.5, 0.6) is 5.75 Å². The van der Waals surface area contributed by atoms with Gasteiger partial charge < -0.3 is 30.6 Å². The topological polar surface area (TPSA) is 126 Å². The predicted octanol–water partition coefficient (Wildman–Crippen LogP) is 1.91. The summed E-state index contributed by atoms with van der Waals surface area (Å²) >= 11 is 6.03. The molecule has 0 aliphatic carbocycles. The minimum atomic E-state index is -1.53. The smallest absolute Gasteiger partial charge is 0.256 e. The Kier molecular flexibility index (Phi) is 8.67. The van der Waals surface area contributed by atoms with Gasteiger partial charge >= 0.3 is 0 Å². The molecule has 1 heterocycles. The Balaban J connectivity index is 1.58. The first-order chi connectivity index (χ1) is 16.3. The van der Waals surface area contributed by atoms with E-state index in [9.17, 15) is 19.1 Å². The largest absolute Gasteiger partial charge is 0.491 e. The number of ether oxygens (including phenoxy) is 1. The third-order valence-corrected chi connectivity index (χ3v) is 5.52. The third-order valence-electron chi connectivity index (χ3n) is 5.30. The minimum absolute atomic E-state index is 0.172. The van der Waals surface area contributed by atoms with Gasteiger partial charge in [-0.2, -0.15) is 0 Å². The molecule has 1 aliphatic heterocycles. The lowest BCUT2D eigenvalue weighted by Gasteiger charge is -2.40. The van der Waals surface area contributed by atoms with Crippen LogP contribution in [0.25, 0.3) is 0 Å². The Morgan fingerprint density at radius 3 is 2.68 bits per heavy atom. The second-order valence-electron chi connectivity index (χ2n) is 7.57. The Hall–Kier alpha value is -3.37. The van der Waals surface area contributed by atoms with Crippen molar-refractivity contribution in [3.63, 3.8) is 0 Å². The molecule has 4 N–H and O–H groups in total. The summed E-state index contributed by atoms with van der Waals surface area (Å²) in [6.07, 6.45) is -1.05. The number of carbonyl (C=O) groups excluding carboxylic acids is 2. The van der Waals surface area contributed by atoms with Gasteiger partial charge in [0.1, 0.15) is 32.2 Å². The van der Waals surface area contributed by atoms with Gasteiger partial charge in [-0.25, -0.2) is 4.39 Å². The summed E-state index contributed by atoms with van der Waals surface area (Å²) in [6.45, 7) is -0.263. The maximum atomic E-state index is 12.8. The Morgan fingerprint density at radius 2 is 2.06 bits per heavy atom. The van der Waals surface area contributed by atoms with E-state index in [4.69, 9.17) is 22.1 Å². The SMILES string of the molecule is CO/N=C(/N)c1ccc(CNC(=O)C2CCN2C(=O)C(O)c2cc(Cl)cc(OCCF)c2)cc1. The summed E-state index contributed by atoms with van der Waals surface area (Å²) in [5, 5.41) is 17.3. The van der Waals surface area contributed by atoms with Crippen LogP contribution in [0.3, 0.4) is 0 Å². The van der Waals surface area contributed by atoms with E-state index < -0.39 is 24.7 Å². The third kappa shape index (κ3) is 6.15. The number of oxime groups is 1. The highest BCUT2D eigenvalue weighted by molar-refractivity contribution is 6.30. The fourth-order valence-corrected chi connectivity index (χ4v) is 3.69. The van der Waals surface area contributed by atoms with Crippen molar-refractivity contribution in [2.75, 3.05) is 26.9 Å². The number of alkyl halides is 1. The molecule has 0 aromatic heterocycles. The first-order valence-electron chi connectivity index (χ1n) is 10.6. The molecule has 2 unspecified atom stereocenters. The van der Waals surface area contributed by atoms with Gasteiger partial charge in [0.15, 0.2) is 11.9 Å². The van der Waals surface area contributed by atoms with E-state index in [1.54, 1.807) is 24.3 Å². The average molecular weight is 493 g/mol. The summed E-state index contributed by atoms with van der Waals surface area (Å²) < 4.78 is 17.6. The van der Waals surface area contributed by atoms with Crippen LogP contribution in [-0.2, 0) is 21.0 Å². The van der Waals surface area contributed by atoms with Gasteiger partial charge in [0, 0.05) is 23.7 Å². The predicted molar refractivity (Wildman–Crippen MR) is 124 cm³/mol. The number of benzene rings is 2. The lowest BCUT2D eigenvalue weighted by molar-refractivity contribution is -0.154. The molecule has 1 aliphatic rings. The lowest BCUT2D eigenvalue weighted by Crippen LogP contribution is -2.59. The summed E-state index contributed by atoms with van der Waals surface area (Å²) in [4.78, 5) is 31.4. The van der Waals surface area contributed by atoms with Gasteiger partial charge in [-0.05, 0) is 35.7 Å². The van der Waals surface area contributed by atoms with E-state index >= 15 is 0 Å². The van der Waals surface area contributed by atoms with Crippen molar-refractivity contribution >= 4 is 29.3 Å². The first kappa shape index (κ1) is 25.3. The van der Waals surface area contributed by atoms with Gasteiger partial charge in [-0.1, -0.05) is 41.0 Å². The molecule has 1 saturated heterocycles. The number of carbonyl (C=O) groups is 2. The number of nitrogens with zero attached hydrogens (tertiary/aromatic N) is 2. The molecule has 2 atom stereocenters. The van der Waals surface area contributed by atoms with Crippen LogP contribution < -0.4 is 15.8 Å². The fraction of sp³-hybridized carbons (Fsp3) is 0.348. The van der Waals surface area contributed by atoms with E-state index in [2.05, 4.69) is 15.3 Å². The first-order valence-corrected chi connectivity index (χ1v) is 10.9. The second kappa shape index (κ2) is 11.7. The number of halogens is 2. The number of aliphatic hydroxyl groups excluding tert-OH is 1. The van der Waals surface area contributed by atoms with Gasteiger partial charge in [0.05, 0.1) is 0 Å². The highest BCUT2D eigenvalue weighted by Gasteiger charge is 2.40. The number of nitrogens with two attached hydrogens (primary N) is 1. The highest BCUT2D eigenvalue weighted by atomic mass is 35.5. The minimum Gasteiger partial charge on any atom is -0.491 e. The number of nitrogens with one attached hydrogen (secondary N) is 1. The number of amides is 2. The van der Waals surface area contributed by atoms with Crippen molar-refractivity contribution in [3.8, 4) is 5.75 Å². The van der Waals surface area contributed by atoms with Crippen molar-refractivity contribution < 1.29 is 28.7 Å². The molecule has 34 heavy (non-hydrogen) atoms. The van der Waals surface area contributed by atoms with Crippen molar-refractivity contribution in [2.24, 2.45) is 10.9 Å². The standard InChI is InChI=1S/C23H26ClFN4O5/c1-33-28-21(26)15-4-2-14(3-5-15)13-27-22(31)19-6-8-29(19)23(32)20(30)16-10-17(24)12-18(11-16)34-9-7-25/h2-5,10-12,19-20,30H,6-9,13H2,1H3,(H2,26,28)(H,27,31). The zero-order chi connectivity index (χ0) is 24.7. The van der Waals surface area contributed by atoms with E-state index in [0.29, 0.717) is 18.5 Å².